The van der Waals surface area contributed by atoms with Crippen LogP contribution < -0.4 is 15.7 Å². The van der Waals surface area contributed by atoms with Gasteiger partial charge in [-0.3, -0.25) is 0 Å². The summed E-state index contributed by atoms with van der Waals surface area (Å²) in [7, 11) is 2.24. The molecule has 0 spiro atoms. The van der Waals surface area contributed by atoms with Crippen LogP contribution in [0.15, 0.2) is 97.1 Å². The van der Waals surface area contributed by atoms with Gasteiger partial charge in [0.25, 0.3) is 0 Å². The van der Waals surface area contributed by atoms with Gasteiger partial charge in [0.2, 0.25) is 0 Å². The molecule has 5 rings (SSSR count). The Morgan fingerprint density at radius 1 is 0.500 bits per heavy atom. The highest BCUT2D eigenvalue weighted by Gasteiger charge is 2.22. The molecule has 26 heavy (non-hydrogen) atoms. The van der Waals surface area contributed by atoms with Crippen LogP contribution in [0.25, 0.3) is 22.3 Å². The molecule has 121 valence electrons. The Morgan fingerprint density at radius 3 is 1.92 bits per heavy atom. The van der Waals surface area contributed by atoms with E-state index in [9.17, 15) is 0 Å². The lowest BCUT2D eigenvalue weighted by Gasteiger charge is -2.14. The highest BCUT2D eigenvalue weighted by molar-refractivity contribution is 6.71. The summed E-state index contributed by atoms with van der Waals surface area (Å²) >= 11 is 0. The maximum atomic E-state index is 6.23. The molecule has 0 aliphatic carbocycles. The van der Waals surface area contributed by atoms with Crippen LogP contribution >= 0.6 is 0 Å². The van der Waals surface area contributed by atoms with E-state index in [-0.39, 0.29) is 0 Å². The lowest BCUT2D eigenvalue weighted by Crippen LogP contribution is -2.29. The molecule has 1 nitrogen and oxygen atoms in total. The predicted molar refractivity (Wildman–Crippen MR) is 109 cm³/mol. The van der Waals surface area contributed by atoms with Crippen LogP contribution in [0.3, 0.4) is 0 Å². The number of para-hydroxylation sites is 1. The maximum Gasteiger partial charge on any atom is 0.198 e. The standard InChI is InChI=1S/C24H16BO/c1-2-9-17(10-3-1)26-23-16-8-14-21-19-12-5-4-11-18(19)20-13-6-7-15-22(20)25-24(21)23/h1-16H. The maximum absolute atomic E-state index is 6.23. The zero-order valence-corrected chi connectivity index (χ0v) is 14.2. The van der Waals surface area contributed by atoms with Crippen molar-refractivity contribution in [3.05, 3.63) is 97.1 Å². The van der Waals surface area contributed by atoms with Gasteiger partial charge in [0.1, 0.15) is 11.5 Å². The van der Waals surface area contributed by atoms with Crippen molar-refractivity contribution in [1.29, 1.82) is 0 Å². The minimum absolute atomic E-state index is 0.847. The van der Waals surface area contributed by atoms with E-state index in [1.807, 2.05) is 36.4 Å². The molecule has 0 bridgehead atoms. The number of fused-ring (bicyclic) bond motifs is 5. The Kier molecular flexibility index (Phi) is 3.60. The zero-order chi connectivity index (χ0) is 17.3. The molecule has 1 heterocycles. The van der Waals surface area contributed by atoms with Gasteiger partial charge in [-0.1, -0.05) is 84.3 Å². The number of rotatable bonds is 2. The van der Waals surface area contributed by atoms with E-state index in [0.717, 1.165) is 17.0 Å². The van der Waals surface area contributed by atoms with Crippen molar-refractivity contribution in [3.8, 4) is 33.8 Å². The monoisotopic (exact) mass is 331 g/mol. The molecule has 0 aromatic heterocycles. The fourth-order valence-corrected chi connectivity index (χ4v) is 3.61. The van der Waals surface area contributed by atoms with Crippen LogP contribution in [0.1, 0.15) is 0 Å². The van der Waals surface area contributed by atoms with Crippen molar-refractivity contribution in [2.24, 2.45) is 0 Å². The van der Waals surface area contributed by atoms with Gasteiger partial charge in [0.15, 0.2) is 7.28 Å². The van der Waals surface area contributed by atoms with Crippen molar-refractivity contribution in [1.82, 2.24) is 0 Å². The van der Waals surface area contributed by atoms with Gasteiger partial charge in [0.05, 0.1) is 0 Å². The van der Waals surface area contributed by atoms with Crippen molar-refractivity contribution in [2.45, 2.75) is 0 Å². The fraction of sp³-hybridized carbons (Fsp3) is 0. The SMILES string of the molecule is [B]1c2ccccc2-c2ccccc2-c2cccc(Oc3ccccc3)c21. The second-order valence-electron chi connectivity index (χ2n) is 6.41. The van der Waals surface area contributed by atoms with Crippen LogP contribution in [-0.4, -0.2) is 7.28 Å². The van der Waals surface area contributed by atoms with E-state index in [1.165, 1.54) is 27.7 Å². The van der Waals surface area contributed by atoms with Crippen LogP contribution in [0.5, 0.6) is 11.5 Å². The molecule has 4 aromatic rings. The molecule has 1 aliphatic heterocycles. The van der Waals surface area contributed by atoms with Gasteiger partial charge in [-0.25, -0.2) is 0 Å². The minimum atomic E-state index is 0.847. The summed E-state index contributed by atoms with van der Waals surface area (Å²) in [5.74, 6) is 1.72. The summed E-state index contributed by atoms with van der Waals surface area (Å²) in [6.07, 6.45) is 0. The largest absolute Gasteiger partial charge is 0.458 e. The van der Waals surface area contributed by atoms with Gasteiger partial charge >= 0.3 is 0 Å². The average Bonchev–Trinajstić information content (AvgIpc) is 2.84. The molecular weight excluding hydrogens is 315 g/mol. The Morgan fingerprint density at radius 2 is 1.12 bits per heavy atom. The number of ether oxygens (including phenoxy) is 1. The van der Waals surface area contributed by atoms with Gasteiger partial charge in [-0.15, -0.1) is 0 Å². The quantitative estimate of drug-likeness (QED) is 0.423. The van der Waals surface area contributed by atoms with Crippen LogP contribution in [0.2, 0.25) is 0 Å². The normalized spacial score (nSPS) is 11.4. The molecule has 0 fully saturated rings. The van der Waals surface area contributed by atoms with Gasteiger partial charge in [-0.2, -0.15) is 0 Å². The molecule has 0 unspecified atom stereocenters. The zero-order valence-electron chi connectivity index (χ0n) is 14.2. The van der Waals surface area contributed by atoms with E-state index in [4.69, 9.17) is 4.74 Å². The first-order valence-electron chi connectivity index (χ1n) is 8.79. The molecule has 0 amide bonds. The van der Waals surface area contributed by atoms with E-state index in [0.29, 0.717) is 0 Å². The summed E-state index contributed by atoms with van der Waals surface area (Å²) < 4.78 is 6.23. The lowest BCUT2D eigenvalue weighted by atomic mass is 9.61. The van der Waals surface area contributed by atoms with Crippen molar-refractivity contribution >= 4 is 18.2 Å². The van der Waals surface area contributed by atoms with Crippen LogP contribution in [0, 0.1) is 0 Å². The molecule has 2 heteroatoms. The van der Waals surface area contributed by atoms with Gasteiger partial charge in [-0.05, 0) is 45.9 Å². The Bertz CT molecular complexity index is 1090. The average molecular weight is 331 g/mol. The Balaban J connectivity index is 1.74. The smallest absolute Gasteiger partial charge is 0.198 e. The fourth-order valence-electron chi connectivity index (χ4n) is 3.61. The third kappa shape index (κ3) is 2.51. The first-order valence-corrected chi connectivity index (χ1v) is 8.79. The topological polar surface area (TPSA) is 9.23 Å². The summed E-state index contributed by atoms with van der Waals surface area (Å²) in [4.78, 5) is 0. The molecular formula is C24H16BO. The van der Waals surface area contributed by atoms with Crippen molar-refractivity contribution in [2.75, 3.05) is 0 Å². The van der Waals surface area contributed by atoms with Crippen LogP contribution in [0.4, 0.5) is 0 Å². The highest BCUT2D eigenvalue weighted by Crippen LogP contribution is 2.34. The predicted octanol–water partition coefficient (Wildman–Crippen LogP) is 4.78. The van der Waals surface area contributed by atoms with Crippen molar-refractivity contribution in [3.63, 3.8) is 0 Å². The van der Waals surface area contributed by atoms with E-state index in [1.54, 1.807) is 0 Å². The molecule has 4 aromatic carbocycles. The van der Waals surface area contributed by atoms with Crippen molar-refractivity contribution < 1.29 is 4.74 Å². The number of hydrogen-bond donors (Lipinski definition) is 0. The minimum Gasteiger partial charge on any atom is -0.458 e. The molecule has 1 aliphatic rings. The summed E-state index contributed by atoms with van der Waals surface area (Å²) in [5.41, 5.74) is 7.28. The lowest BCUT2D eigenvalue weighted by molar-refractivity contribution is 0.486. The Labute approximate surface area is 154 Å². The van der Waals surface area contributed by atoms with Crippen LogP contribution in [-0.2, 0) is 0 Å². The third-order valence-corrected chi connectivity index (χ3v) is 4.81. The third-order valence-electron chi connectivity index (χ3n) is 4.81. The van der Waals surface area contributed by atoms with E-state index in [2.05, 4.69) is 67.9 Å². The summed E-state index contributed by atoms with van der Waals surface area (Å²) in [6.45, 7) is 0. The molecule has 0 atom stereocenters. The molecule has 0 saturated heterocycles. The summed E-state index contributed by atoms with van der Waals surface area (Å²) in [6, 6.07) is 33.4. The second-order valence-corrected chi connectivity index (χ2v) is 6.41. The van der Waals surface area contributed by atoms with Gasteiger partial charge in [0, 0.05) is 0 Å². The first-order chi connectivity index (χ1) is 12.9. The first kappa shape index (κ1) is 15.0. The Hall–Kier alpha value is -3.26. The van der Waals surface area contributed by atoms with Gasteiger partial charge < -0.3 is 4.74 Å². The molecule has 1 radical (unpaired) electrons. The number of benzene rings is 4. The molecule has 0 saturated carbocycles. The van der Waals surface area contributed by atoms with E-state index < -0.39 is 0 Å². The number of hydrogen-bond acceptors (Lipinski definition) is 1. The van der Waals surface area contributed by atoms with E-state index >= 15 is 0 Å². The summed E-state index contributed by atoms with van der Waals surface area (Å²) in [5, 5.41) is 0. The highest BCUT2D eigenvalue weighted by atomic mass is 16.5. The second kappa shape index (κ2) is 6.23. The molecule has 0 N–H and O–H groups in total.